The lowest BCUT2D eigenvalue weighted by atomic mass is 9.99. The molecule has 9 nitrogen and oxygen atoms in total. The average Bonchev–Trinajstić information content (AvgIpc) is 3.56. The topological polar surface area (TPSA) is 117 Å². The summed E-state index contributed by atoms with van der Waals surface area (Å²) in [5.41, 5.74) is 3.33. The standard InChI is InChI=1S/C24H22ClN3O6/c1-32-18-7-11-6-15(27-20(11)22(34-3)21(18)33-2)23(29)28-10-12(9-25)19-13-8-16(24(30)31)26-14(13)4-5-17(19)28/h4-8,12,26-27H,9-10H2,1-3H3,(H,30,31). The molecule has 3 N–H and O–H groups in total. The summed E-state index contributed by atoms with van der Waals surface area (Å²) in [7, 11) is 4.58. The van der Waals surface area contributed by atoms with Gasteiger partial charge in [-0.15, -0.1) is 11.6 Å². The molecule has 0 saturated heterocycles. The lowest BCUT2D eigenvalue weighted by Gasteiger charge is -2.17. The zero-order chi connectivity index (χ0) is 24.1. The average molecular weight is 484 g/mol. The molecule has 0 aliphatic carbocycles. The molecule has 0 bridgehead atoms. The minimum atomic E-state index is -1.05. The van der Waals surface area contributed by atoms with Crippen molar-refractivity contribution in [3.05, 3.63) is 47.3 Å². The smallest absolute Gasteiger partial charge is 0.352 e. The molecule has 1 unspecified atom stereocenters. The van der Waals surface area contributed by atoms with Gasteiger partial charge in [0.2, 0.25) is 5.75 Å². The predicted octanol–water partition coefficient (Wildman–Crippen LogP) is 4.36. The number of methoxy groups -OCH3 is 3. The Morgan fingerprint density at radius 1 is 1.06 bits per heavy atom. The molecule has 10 heteroatoms. The maximum absolute atomic E-state index is 13.6. The van der Waals surface area contributed by atoms with E-state index in [0.717, 1.165) is 16.3 Å². The fraction of sp³-hybridized carbons (Fsp3) is 0.250. The number of carboxylic acid groups (broad SMARTS) is 1. The number of aromatic amines is 2. The Morgan fingerprint density at radius 2 is 1.82 bits per heavy atom. The van der Waals surface area contributed by atoms with Crippen molar-refractivity contribution in [3.63, 3.8) is 0 Å². The van der Waals surface area contributed by atoms with Crippen molar-refractivity contribution >= 4 is 51.0 Å². The number of carbonyl (C=O) groups is 2. The first kappa shape index (κ1) is 22.0. The number of ether oxygens (including phenoxy) is 3. The molecule has 1 atom stereocenters. The number of anilines is 1. The second-order valence-corrected chi connectivity index (χ2v) is 8.32. The Balaban J connectivity index is 1.61. The number of halogens is 1. The van der Waals surface area contributed by atoms with Gasteiger partial charge in [0.25, 0.3) is 5.91 Å². The molecule has 1 amide bonds. The number of rotatable bonds is 6. The van der Waals surface area contributed by atoms with Gasteiger partial charge in [0.1, 0.15) is 11.4 Å². The van der Waals surface area contributed by atoms with Crippen LogP contribution in [0.15, 0.2) is 30.3 Å². The van der Waals surface area contributed by atoms with Crippen molar-refractivity contribution in [2.24, 2.45) is 0 Å². The van der Waals surface area contributed by atoms with Crippen molar-refractivity contribution in [2.45, 2.75) is 5.92 Å². The third-order valence-electron chi connectivity index (χ3n) is 6.24. The number of carboxylic acids is 1. The third-order valence-corrected chi connectivity index (χ3v) is 6.61. The van der Waals surface area contributed by atoms with Crippen LogP contribution < -0.4 is 19.1 Å². The van der Waals surface area contributed by atoms with Crippen molar-refractivity contribution in [2.75, 3.05) is 38.7 Å². The number of aromatic carboxylic acids is 1. The molecule has 0 radical (unpaired) electrons. The Kier molecular flexibility index (Phi) is 5.28. The van der Waals surface area contributed by atoms with Crippen LogP contribution in [0.25, 0.3) is 21.8 Å². The normalized spacial score (nSPS) is 15.1. The fourth-order valence-electron chi connectivity index (χ4n) is 4.73. The molecule has 176 valence electrons. The van der Waals surface area contributed by atoms with Gasteiger partial charge in [-0.2, -0.15) is 0 Å². The molecule has 34 heavy (non-hydrogen) atoms. The lowest BCUT2D eigenvalue weighted by molar-refractivity contribution is 0.0691. The van der Waals surface area contributed by atoms with E-state index in [1.54, 1.807) is 29.2 Å². The molecule has 2 aromatic heterocycles. The van der Waals surface area contributed by atoms with Gasteiger partial charge in [-0.1, -0.05) is 0 Å². The van der Waals surface area contributed by atoms with Gasteiger partial charge < -0.3 is 34.2 Å². The van der Waals surface area contributed by atoms with E-state index in [4.69, 9.17) is 25.8 Å². The van der Waals surface area contributed by atoms with Crippen LogP contribution in [0, 0.1) is 0 Å². The number of alkyl halides is 1. The van der Waals surface area contributed by atoms with Gasteiger partial charge in [0.05, 0.1) is 26.8 Å². The molecule has 5 rings (SSSR count). The largest absolute Gasteiger partial charge is 0.493 e. The second kappa shape index (κ2) is 8.18. The predicted molar refractivity (Wildman–Crippen MR) is 128 cm³/mol. The van der Waals surface area contributed by atoms with E-state index in [-0.39, 0.29) is 17.5 Å². The first-order valence-corrected chi connectivity index (χ1v) is 11.0. The Hall–Kier alpha value is -3.85. The number of amides is 1. The van der Waals surface area contributed by atoms with Crippen LogP contribution in [0.4, 0.5) is 5.69 Å². The van der Waals surface area contributed by atoms with Crippen molar-refractivity contribution in [3.8, 4) is 17.2 Å². The van der Waals surface area contributed by atoms with Crippen LogP contribution >= 0.6 is 11.6 Å². The summed E-state index contributed by atoms with van der Waals surface area (Å²) in [4.78, 5) is 32.8. The monoisotopic (exact) mass is 483 g/mol. The molecule has 3 heterocycles. The number of fused-ring (bicyclic) bond motifs is 4. The highest BCUT2D eigenvalue weighted by Gasteiger charge is 2.35. The van der Waals surface area contributed by atoms with Crippen molar-refractivity contribution in [1.82, 2.24) is 9.97 Å². The number of aromatic nitrogens is 2. The number of benzene rings is 2. The number of H-pyrrole nitrogens is 2. The van der Waals surface area contributed by atoms with E-state index >= 15 is 0 Å². The van der Waals surface area contributed by atoms with E-state index in [1.165, 1.54) is 21.3 Å². The summed E-state index contributed by atoms with van der Waals surface area (Å²) in [5.74, 6) is 0.221. The molecular weight excluding hydrogens is 462 g/mol. The zero-order valence-electron chi connectivity index (χ0n) is 18.7. The first-order chi connectivity index (χ1) is 16.4. The SMILES string of the molecule is COc1cc2cc(C(=O)N3CC(CCl)c4c3ccc3[nH]c(C(=O)O)cc43)[nH]c2c(OC)c1OC. The number of nitrogens with zero attached hydrogens (tertiary/aromatic N) is 1. The first-order valence-electron chi connectivity index (χ1n) is 10.5. The van der Waals surface area contributed by atoms with E-state index in [9.17, 15) is 14.7 Å². The summed E-state index contributed by atoms with van der Waals surface area (Å²) in [6.07, 6.45) is 0. The molecule has 1 aliphatic heterocycles. The third kappa shape index (κ3) is 3.15. The van der Waals surface area contributed by atoms with Crippen LogP contribution in [0.5, 0.6) is 17.2 Å². The van der Waals surface area contributed by atoms with Gasteiger partial charge in [0.15, 0.2) is 11.5 Å². The van der Waals surface area contributed by atoms with Crippen LogP contribution in [0.1, 0.15) is 32.5 Å². The van der Waals surface area contributed by atoms with E-state index < -0.39 is 5.97 Å². The molecule has 2 aromatic carbocycles. The van der Waals surface area contributed by atoms with Crippen molar-refractivity contribution in [1.29, 1.82) is 0 Å². The Bertz CT molecular complexity index is 1460. The highest BCUT2D eigenvalue weighted by Crippen LogP contribution is 2.45. The number of hydrogen-bond acceptors (Lipinski definition) is 5. The molecule has 0 spiro atoms. The minimum Gasteiger partial charge on any atom is -0.493 e. The Morgan fingerprint density at radius 3 is 2.47 bits per heavy atom. The van der Waals surface area contributed by atoms with Gasteiger partial charge in [0, 0.05) is 40.3 Å². The summed E-state index contributed by atoms with van der Waals surface area (Å²) in [6, 6.07) is 8.71. The summed E-state index contributed by atoms with van der Waals surface area (Å²) >= 11 is 6.28. The van der Waals surface area contributed by atoms with Crippen LogP contribution in [0.3, 0.4) is 0 Å². The van der Waals surface area contributed by atoms with Gasteiger partial charge >= 0.3 is 5.97 Å². The fourth-order valence-corrected chi connectivity index (χ4v) is 4.98. The molecule has 4 aromatic rings. The highest BCUT2D eigenvalue weighted by molar-refractivity contribution is 6.19. The summed E-state index contributed by atoms with van der Waals surface area (Å²) < 4.78 is 16.4. The maximum Gasteiger partial charge on any atom is 0.352 e. The number of carbonyl (C=O) groups excluding carboxylic acids is 1. The van der Waals surface area contributed by atoms with Crippen LogP contribution in [-0.2, 0) is 0 Å². The second-order valence-electron chi connectivity index (χ2n) is 8.01. The molecular formula is C24H22ClN3O6. The quantitative estimate of drug-likeness (QED) is 0.351. The van der Waals surface area contributed by atoms with E-state index in [1.807, 2.05) is 6.07 Å². The van der Waals surface area contributed by atoms with Crippen molar-refractivity contribution < 1.29 is 28.9 Å². The minimum absolute atomic E-state index is 0.0899. The summed E-state index contributed by atoms with van der Waals surface area (Å²) in [6.45, 7) is 0.378. The van der Waals surface area contributed by atoms with Gasteiger partial charge in [-0.25, -0.2) is 4.79 Å². The lowest BCUT2D eigenvalue weighted by Crippen LogP contribution is -2.30. The van der Waals surface area contributed by atoms with Crippen LogP contribution in [-0.4, -0.2) is 60.7 Å². The highest BCUT2D eigenvalue weighted by atomic mass is 35.5. The number of hydrogen-bond donors (Lipinski definition) is 3. The zero-order valence-corrected chi connectivity index (χ0v) is 19.4. The molecule has 0 fully saturated rings. The van der Waals surface area contributed by atoms with E-state index in [2.05, 4.69) is 9.97 Å². The van der Waals surface area contributed by atoms with Crippen LogP contribution in [0.2, 0.25) is 0 Å². The number of nitrogens with one attached hydrogen (secondary N) is 2. The van der Waals surface area contributed by atoms with Gasteiger partial charge in [-0.05, 0) is 35.9 Å². The summed E-state index contributed by atoms with van der Waals surface area (Å²) in [5, 5.41) is 10.9. The maximum atomic E-state index is 13.6. The Labute approximate surface area is 199 Å². The molecule has 0 saturated carbocycles. The van der Waals surface area contributed by atoms with E-state index in [0.29, 0.717) is 52.1 Å². The molecule has 1 aliphatic rings. The van der Waals surface area contributed by atoms with Gasteiger partial charge in [-0.3, -0.25) is 4.79 Å².